The first kappa shape index (κ1) is 20.1. The molecule has 0 aliphatic rings. The topological polar surface area (TPSA) is 50.7 Å². The van der Waals surface area contributed by atoms with Gasteiger partial charge in [0.15, 0.2) is 6.61 Å². The first-order chi connectivity index (χ1) is 14.7. The summed E-state index contributed by atoms with van der Waals surface area (Å²) < 4.78 is 6.44. The number of hydrogen-bond acceptors (Lipinski definition) is 3. The Bertz CT molecular complexity index is 1200. The van der Waals surface area contributed by atoms with Crippen molar-refractivity contribution in [2.24, 2.45) is 5.10 Å². The maximum atomic E-state index is 12.2. The SMILES string of the molecule is CCc1ccc(OCC(=O)N/N=C/c2c3ccccc3cc3ccccc23)c(Br)c1. The summed E-state index contributed by atoms with van der Waals surface area (Å²) in [5, 5.41) is 8.63. The van der Waals surface area contributed by atoms with Gasteiger partial charge < -0.3 is 4.74 Å². The molecule has 4 nitrogen and oxygen atoms in total. The van der Waals surface area contributed by atoms with Crippen molar-refractivity contribution in [3.8, 4) is 5.75 Å². The van der Waals surface area contributed by atoms with Crippen molar-refractivity contribution in [2.75, 3.05) is 6.61 Å². The molecule has 0 fully saturated rings. The fourth-order valence-electron chi connectivity index (χ4n) is 3.41. The molecule has 4 aromatic carbocycles. The highest BCUT2D eigenvalue weighted by molar-refractivity contribution is 9.10. The Morgan fingerprint density at radius 3 is 2.30 bits per heavy atom. The van der Waals surface area contributed by atoms with Crippen LogP contribution in [-0.2, 0) is 11.2 Å². The van der Waals surface area contributed by atoms with Crippen LogP contribution in [0.3, 0.4) is 0 Å². The van der Waals surface area contributed by atoms with Gasteiger partial charge in [-0.1, -0.05) is 61.5 Å². The summed E-state index contributed by atoms with van der Waals surface area (Å²) in [7, 11) is 0. The summed E-state index contributed by atoms with van der Waals surface area (Å²) in [5.74, 6) is 0.314. The summed E-state index contributed by atoms with van der Waals surface area (Å²) in [6, 6.07) is 24.3. The molecule has 1 amide bonds. The number of ether oxygens (including phenoxy) is 1. The summed E-state index contributed by atoms with van der Waals surface area (Å²) in [6.07, 6.45) is 2.64. The van der Waals surface area contributed by atoms with E-state index in [0.717, 1.165) is 38.0 Å². The molecule has 0 saturated heterocycles. The minimum atomic E-state index is -0.317. The molecule has 30 heavy (non-hydrogen) atoms. The van der Waals surface area contributed by atoms with Gasteiger partial charge in [0.2, 0.25) is 0 Å². The standard InChI is InChI=1S/C25H21BrN2O2/c1-2-17-11-12-24(23(26)13-17)30-16-25(29)28-27-15-22-20-9-5-3-7-18(20)14-19-8-4-6-10-21(19)22/h3-15H,2,16H2,1H3,(H,28,29)/b27-15+. The number of carbonyl (C=O) groups is 1. The largest absolute Gasteiger partial charge is 0.483 e. The molecule has 4 rings (SSSR count). The number of hydrazone groups is 1. The summed E-state index contributed by atoms with van der Waals surface area (Å²) in [5.41, 5.74) is 4.74. The molecule has 0 radical (unpaired) electrons. The Morgan fingerprint density at radius 1 is 1.00 bits per heavy atom. The molecule has 0 aliphatic heterocycles. The van der Waals surface area contributed by atoms with Gasteiger partial charge in [-0.25, -0.2) is 5.43 Å². The van der Waals surface area contributed by atoms with Crippen molar-refractivity contribution < 1.29 is 9.53 Å². The molecule has 0 aromatic heterocycles. The van der Waals surface area contributed by atoms with Gasteiger partial charge in [-0.15, -0.1) is 0 Å². The average Bonchev–Trinajstić information content (AvgIpc) is 2.77. The Morgan fingerprint density at radius 2 is 1.67 bits per heavy atom. The van der Waals surface area contributed by atoms with Crippen molar-refractivity contribution >= 4 is 49.6 Å². The fourth-order valence-corrected chi connectivity index (χ4v) is 3.95. The minimum absolute atomic E-state index is 0.113. The van der Waals surface area contributed by atoms with Gasteiger partial charge in [-0.05, 0) is 67.7 Å². The highest BCUT2D eigenvalue weighted by Crippen LogP contribution is 2.27. The van der Waals surface area contributed by atoms with E-state index in [1.807, 2.05) is 42.5 Å². The van der Waals surface area contributed by atoms with Crippen molar-refractivity contribution in [1.82, 2.24) is 5.43 Å². The zero-order chi connectivity index (χ0) is 20.9. The van der Waals surface area contributed by atoms with Gasteiger partial charge in [-0.3, -0.25) is 4.79 Å². The summed E-state index contributed by atoms with van der Waals surface area (Å²) in [4.78, 5) is 12.2. The Kier molecular flexibility index (Phi) is 6.10. The van der Waals surface area contributed by atoms with Crippen molar-refractivity contribution in [3.63, 3.8) is 0 Å². The van der Waals surface area contributed by atoms with Crippen LogP contribution in [0.5, 0.6) is 5.75 Å². The number of rotatable bonds is 6. The third-order valence-corrected chi connectivity index (χ3v) is 5.58. The van der Waals surface area contributed by atoms with E-state index in [0.29, 0.717) is 5.75 Å². The van der Waals surface area contributed by atoms with E-state index in [-0.39, 0.29) is 12.5 Å². The van der Waals surface area contributed by atoms with Crippen molar-refractivity contribution in [1.29, 1.82) is 0 Å². The van der Waals surface area contributed by atoms with E-state index in [4.69, 9.17) is 4.74 Å². The van der Waals surface area contributed by atoms with Crippen LogP contribution in [0, 0.1) is 0 Å². The molecule has 0 bridgehead atoms. The van der Waals surface area contributed by atoms with Gasteiger partial charge in [0, 0.05) is 5.56 Å². The molecular formula is C25H21BrN2O2. The summed E-state index contributed by atoms with van der Waals surface area (Å²) >= 11 is 3.48. The lowest BCUT2D eigenvalue weighted by Crippen LogP contribution is -2.24. The number of fused-ring (bicyclic) bond motifs is 2. The predicted molar refractivity (Wildman–Crippen MR) is 126 cm³/mol. The van der Waals surface area contributed by atoms with Gasteiger partial charge >= 0.3 is 0 Å². The van der Waals surface area contributed by atoms with Gasteiger partial charge in [0.1, 0.15) is 5.75 Å². The van der Waals surface area contributed by atoms with E-state index in [1.165, 1.54) is 5.56 Å². The number of nitrogens with one attached hydrogen (secondary N) is 1. The lowest BCUT2D eigenvalue weighted by molar-refractivity contribution is -0.123. The monoisotopic (exact) mass is 460 g/mol. The predicted octanol–water partition coefficient (Wildman–Crippen LogP) is 5.85. The van der Waals surface area contributed by atoms with Crippen molar-refractivity contribution in [2.45, 2.75) is 13.3 Å². The van der Waals surface area contributed by atoms with E-state index in [9.17, 15) is 4.79 Å². The molecule has 150 valence electrons. The molecule has 0 saturated carbocycles. The van der Waals surface area contributed by atoms with Crippen molar-refractivity contribution in [3.05, 3.63) is 88.4 Å². The van der Waals surface area contributed by atoms with Gasteiger partial charge in [0.25, 0.3) is 5.91 Å². The Balaban J connectivity index is 1.49. The smallest absolute Gasteiger partial charge is 0.277 e. The minimum Gasteiger partial charge on any atom is -0.483 e. The van der Waals surface area contributed by atoms with E-state index in [1.54, 1.807) is 6.21 Å². The maximum absolute atomic E-state index is 12.2. The number of carbonyl (C=O) groups excluding carboxylic acids is 1. The number of halogens is 1. The second-order valence-corrected chi connectivity index (χ2v) is 7.79. The molecular weight excluding hydrogens is 440 g/mol. The third-order valence-electron chi connectivity index (χ3n) is 4.96. The second-order valence-electron chi connectivity index (χ2n) is 6.93. The lowest BCUT2D eigenvalue weighted by Gasteiger charge is -2.09. The molecule has 1 N–H and O–H groups in total. The number of benzene rings is 4. The van der Waals surface area contributed by atoms with Crippen LogP contribution >= 0.6 is 15.9 Å². The normalized spacial score (nSPS) is 11.3. The Hall–Kier alpha value is -3.18. The van der Waals surface area contributed by atoms with Gasteiger partial charge in [-0.2, -0.15) is 5.10 Å². The molecule has 0 aliphatic carbocycles. The molecule has 0 unspecified atom stereocenters. The van der Waals surface area contributed by atoms with Gasteiger partial charge in [0.05, 0.1) is 10.7 Å². The first-order valence-electron chi connectivity index (χ1n) is 9.79. The highest BCUT2D eigenvalue weighted by Gasteiger charge is 2.07. The number of nitrogens with zero attached hydrogens (tertiary/aromatic N) is 1. The molecule has 0 atom stereocenters. The first-order valence-corrected chi connectivity index (χ1v) is 10.6. The highest BCUT2D eigenvalue weighted by atomic mass is 79.9. The molecule has 0 spiro atoms. The average molecular weight is 461 g/mol. The van der Waals surface area contributed by atoms with Crippen LogP contribution in [0.25, 0.3) is 21.5 Å². The number of amides is 1. The molecule has 4 aromatic rings. The lowest BCUT2D eigenvalue weighted by atomic mass is 9.97. The van der Waals surface area contributed by atoms with Crippen LogP contribution in [0.15, 0.2) is 82.4 Å². The fraction of sp³-hybridized carbons (Fsp3) is 0.120. The summed E-state index contributed by atoms with van der Waals surface area (Å²) in [6.45, 7) is 1.98. The van der Waals surface area contributed by atoms with E-state index < -0.39 is 0 Å². The molecule has 5 heteroatoms. The Labute approximate surface area is 183 Å². The third kappa shape index (κ3) is 4.36. The van der Waals surface area contributed by atoms with Crippen LogP contribution in [0.2, 0.25) is 0 Å². The van der Waals surface area contributed by atoms with Crippen LogP contribution in [0.4, 0.5) is 0 Å². The zero-order valence-corrected chi connectivity index (χ0v) is 18.1. The number of hydrogen-bond donors (Lipinski definition) is 1. The number of aryl methyl sites for hydroxylation is 1. The van der Waals surface area contributed by atoms with Crippen LogP contribution in [0.1, 0.15) is 18.1 Å². The second kappa shape index (κ2) is 9.09. The molecule has 0 heterocycles. The zero-order valence-electron chi connectivity index (χ0n) is 16.6. The van der Waals surface area contributed by atoms with Crippen LogP contribution in [-0.4, -0.2) is 18.7 Å². The quantitative estimate of drug-likeness (QED) is 0.223. The maximum Gasteiger partial charge on any atom is 0.277 e. The van der Waals surface area contributed by atoms with Crippen LogP contribution < -0.4 is 10.2 Å². The van der Waals surface area contributed by atoms with E-state index >= 15 is 0 Å². The van der Waals surface area contributed by atoms with E-state index in [2.05, 4.69) is 63.7 Å².